The second-order valence-corrected chi connectivity index (χ2v) is 4.85. The van der Waals surface area contributed by atoms with Crippen LogP contribution in [0.5, 0.6) is 0 Å². The highest BCUT2D eigenvalue weighted by atomic mass is 16.5. The van der Waals surface area contributed by atoms with Crippen LogP contribution in [0.2, 0.25) is 0 Å². The van der Waals surface area contributed by atoms with Crippen molar-refractivity contribution >= 4 is 12.1 Å². The molecule has 0 aliphatic rings. The number of carbonyl (C=O) groups is 2. The van der Waals surface area contributed by atoms with Crippen LogP contribution < -0.4 is 5.32 Å². The summed E-state index contributed by atoms with van der Waals surface area (Å²) in [7, 11) is 0. The monoisotopic (exact) mass is 333 g/mol. The Morgan fingerprint density at radius 2 is 1.96 bits per heavy atom. The summed E-state index contributed by atoms with van der Waals surface area (Å²) in [5.41, 5.74) is 1.03. The largest absolute Gasteiger partial charge is 0.477 e. The fraction of sp³-hybridized carbons (Fsp3) is 0.312. The van der Waals surface area contributed by atoms with Crippen LogP contribution in [0.4, 0.5) is 4.79 Å². The van der Waals surface area contributed by atoms with Gasteiger partial charge in [0.25, 0.3) is 0 Å². The van der Waals surface area contributed by atoms with Gasteiger partial charge in [-0.2, -0.15) is 5.10 Å². The highest BCUT2D eigenvalue weighted by molar-refractivity contribution is 5.85. The van der Waals surface area contributed by atoms with Gasteiger partial charge in [0.1, 0.15) is 12.3 Å². The minimum absolute atomic E-state index is 0.112. The molecule has 128 valence electrons. The van der Waals surface area contributed by atoms with Crippen LogP contribution in [-0.2, 0) is 22.6 Å². The Morgan fingerprint density at radius 1 is 1.17 bits per heavy atom. The molecule has 0 saturated carbocycles. The SMILES string of the molecule is O=C(NCCOCCn1nccc1C(=O)O)OCc1ccccc1. The van der Waals surface area contributed by atoms with Crippen LogP contribution in [0, 0.1) is 0 Å². The zero-order chi connectivity index (χ0) is 17.2. The third-order valence-corrected chi connectivity index (χ3v) is 3.11. The van der Waals surface area contributed by atoms with Gasteiger partial charge in [0.2, 0.25) is 0 Å². The second-order valence-electron chi connectivity index (χ2n) is 4.85. The van der Waals surface area contributed by atoms with Crippen molar-refractivity contribution < 1.29 is 24.2 Å². The Hall–Kier alpha value is -2.87. The van der Waals surface area contributed by atoms with E-state index in [1.54, 1.807) is 0 Å². The van der Waals surface area contributed by atoms with E-state index in [1.807, 2.05) is 30.3 Å². The number of hydrogen-bond donors (Lipinski definition) is 2. The lowest BCUT2D eigenvalue weighted by Crippen LogP contribution is -2.28. The molecular formula is C16H19N3O5. The molecule has 0 fully saturated rings. The topological polar surface area (TPSA) is 103 Å². The number of aromatic nitrogens is 2. The average Bonchev–Trinajstić information content (AvgIpc) is 3.06. The van der Waals surface area contributed by atoms with Gasteiger partial charge in [0, 0.05) is 12.7 Å². The van der Waals surface area contributed by atoms with Gasteiger partial charge in [-0.1, -0.05) is 30.3 Å². The molecule has 1 aromatic heterocycles. The van der Waals surface area contributed by atoms with Crippen LogP contribution in [0.3, 0.4) is 0 Å². The first-order chi connectivity index (χ1) is 11.7. The van der Waals surface area contributed by atoms with E-state index in [2.05, 4.69) is 10.4 Å². The lowest BCUT2D eigenvalue weighted by atomic mass is 10.2. The zero-order valence-electron chi connectivity index (χ0n) is 13.1. The number of hydrogen-bond acceptors (Lipinski definition) is 5. The summed E-state index contributed by atoms with van der Waals surface area (Å²) in [5.74, 6) is -1.03. The number of carboxylic acid groups (broad SMARTS) is 1. The van der Waals surface area contributed by atoms with E-state index >= 15 is 0 Å². The molecule has 0 spiro atoms. The summed E-state index contributed by atoms with van der Waals surface area (Å²) in [5, 5.41) is 15.4. The number of alkyl carbamates (subject to hydrolysis) is 1. The first-order valence-corrected chi connectivity index (χ1v) is 7.44. The van der Waals surface area contributed by atoms with Gasteiger partial charge >= 0.3 is 12.1 Å². The predicted molar refractivity (Wildman–Crippen MR) is 84.6 cm³/mol. The van der Waals surface area contributed by atoms with Crippen LogP contribution >= 0.6 is 0 Å². The van der Waals surface area contributed by atoms with E-state index < -0.39 is 12.1 Å². The zero-order valence-corrected chi connectivity index (χ0v) is 13.1. The fourth-order valence-corrected chi connectivity index (χ4v) is 1.95. The van der Waals surface area contributed by atoms with Crippen molar-refractivity contribution in [1.82, 2.24) is 15.1 Å². The standard InChI is InChI=1S/C16H19N3O5/c20-15(21)14-6-7-18-19(14)9-11-23-10-8-17-16(22)24-12-13-4-2-1-3-5-13/h1-7H,8-12H2,(H,17,22)(H,20,21). The number of nitrogens with one attached hydrogen (secondary N) is 1. The van der Waals surface area contributed by atoms with Crippen LogP contribution in [0.15, 0.2) is 42.6 Å². The van der Waals surface area contributed by atoms with Gasteiger partial charge in [-0.3, -0.25) is 4.68 Å². The van der Waals surface area contributed by atoms with E-state index in [4.69, 9.17) is 14.6 Å². The van der Waals surface area contributed by atoms with Crippen molar-refractivity contribution in [2.45, 2.75) is 13.2 Å². The van der Waals surface area contributed by atoms with Crippen molar-refractivity contribution in [3.05, 3.63) is 53.9 Å². The summed E-state index contributed by atoms with van der Waals surface area (Å²) >= 11 is 0. The highest BCUT2D eigenvalue weighted by Gasteiger charge is 2.09. The Morgan fingerprint density at radius 3 is 2.71 bits per heavy atom. The maximum atomic E-state index is 11.5. The highest BCUT2D eigenvalue weighted by Crippen LogP contribution is 2.00. The maximum Gasteiger partial charge on any atom is 0.407 e. The number of amides is 1. The molecule has 2 rings (SSSR count). The van der Waals surface area contributed by atoms with Crippen molar-refractivity contribution in [1.29, 1.82) is 0 Å². The lowest BCUT2D eigenvalue weighted by Gasteiger charge is -2.08. The Balaban J connectivity index is 1.54. The quantitative estimate of drug-likeness (QED) is 0.675. The first-order valence-electron chi connectivity index (χ1n) is 7.44. The van der Waals surface area contributed by atoms with E-state index in [9.17, 15) is 9.59 Å². The summed E-state index contributed by atoms with van der Waals surface area (Å²) in [4.78, 5) is 22.4. The number of benzene rings is 1. The molecule has 1 heterocycles. The summed E-state index contributed by atoms with van der Waals surface area (Å²) in [6.07, 6.45) is 0.913. The molecule has 24 heavy (non-hydrogen) atoms. The molecular weight excluding hydrogens is 314 g/mol. The minimum atomic E-state index is -1.03. The van der Waals surface area contributed by atoms with Gasteiger partial charge in [0.05, 0.1) is 19.8 Å². The molecule has 0 aliphatic heterocycles. The molecule has 0 unspecified atom stereocenters. The number of nitrogens with zero attached hydrogens (tertiary/aromatic N) is 2. The van der Waals surface area contributed by atoms with Crippen molar-refractivity contribution in [2.75, 3.05) is 19.8 Å². The lowest BCUT2D eigenvalue weighted by molar-refractivity contribution is 0.0676. The van der Waals surface area contributed by atoms with E-state index in [-0.39, 0.29) is 12.3 Å². The maximum absolute atomic E-state index is 11.5. The Bertz CT molecular complexity index is 657. The first kappa shape index (κ1) is 17.5. The van der Waals surface area contributed by atoms with Crippen LogP contribution in [0.25, 0.3) is 0 Å². The van der Waals surface area contributed by atoms with Gasteiger partial charge < -0.3 is 19.9 Å². The molecule has 0 bridgehead atoms. The van der Waals surface area contributed by atoms with Crippen LogP contribution in [0.1, 0.15) is 16.1 Å². The number of rotatable bonds is 9. The van der Waals surface area contributed by atoms with Crippen molar-refractivity contribution in [3.63, 3.8) is 0 Å². The summed E-state index contributed by atoms with van der Waals surface area (Å²) in [6, 6.07) is 10.8. The molecule has 0 aliphatic carbocycles. The fourth-order valence-electron chi connectivity index (χ4n) is 1.95. The smallest absolute Gasteiger partial charge is 0.407 e. The molecule has 2 aromatic rings. The van der Waals surface area contributed by atoms with E-state index in [0.29, 0.717) is 26.3 Å². The third-order valence-electron chi connectivity index (χ3n) is 3.11. The number of carbonyl (C=O) groups excluding carboxylic acids is 1. The molecule has 1 aromatic carbocycles. The molecule has 8 nitrogen and oxygen atoms in total. The third kappa shape index (κ3) is 5.73. The van der Waals surface area contributed by atoms with E-state index in [0.717, 1.165) is 5.56 Å². The number of aromatic carboxylic acids is 1. The van der Waals surface area contributed by atoms with Crippen molar-refractivity contribution in [2.24, 2.45) is 0 Å². The summed E-state index contributed by atoms with van der Waals surface area (Å²) in [6.45, 7) is 1.43. The van der Waals surface area contributed by atoms with Gasteiger partial charge in [-0.05, 0) is 11.6 Å². The van der Waals surface area contributed by atoms with Crippen LogP contribution in [-0.4, -0.2) is 46.7 Å². The Kier molecular flexibility index (Phi) is 6.78. The van der Waals surface area contributed by atoms with E-state index in [1.165, 1.54) is 16.9 Å². The second kappa shape index (κ2) is 9.31. The normalized spacial score (nSPS) is 10.3. The molecule has 1 amide bonds. The van der Waals surface area contributed by atoms with Crippen molar-refractivity contribution in [3.8, 4) is 0 Å². The number of ether oxygens (including phenoxy) is 2. The molecule has 0 atom stereocenters. The predicted octanol–water partition coefficient (Wildman–Crippen LogP) is 1.52. The Labute approximate surface area is 139 Å². The molecule has 8 heteroatoms. The molecule has 2 N–H and O–H groups in total. The number of carboxylic acids is 1. The van der Waals surface area contributed by atoms with Gasteiger partial charge in [-0.25, -0.2) is 9.59 Å². The molecule has 0 radical (unpaired) electrons. The van der Waals surface area contributed by atoms with Gasteiger partial charge in [0.15, 0.2) is 0 Å². The molecule has 0 saturated heterocycles. The summed E-state index contributed by atoms with van der Waals surface area (Å²) < 4.78 is 11.7. The van der Waals surface area contributed by atoms with Gasteiger partial charge in [-0.15, -0.1) is 0 Å². The minimum Gasteiger partial charge on any atom is -0.477 e. The average molecular weight is 333 g/mol.